The van der Waals surface area contributed by atoms with E-state index in [4.69, 9.17) is 25.0 Å². The van der Waals surface area contributed by atoms with Crippen LogP contribution in [0.1, 0.15) is 6.42 Å². The maximum atomic E-state index is 10.9. The molecule has 0 fully saturated rings. The van der Waals surface area contributed by atoms with Crippen LogP contribution in [0.3, 0.4) is 0 Å². The molecule has 12 nitrogen and oxygen atoms in total. The number of hydrogen-bond donors (Lipinski definition) is 6. The van der Waals surface area contributed by atoms with Gasteiger partial charge >= 0.3 is 23.9 Å². The minimum atomic E-state index is -5.39. The number of nitrogens with one attached hydrogen (secondary N) is 1. The Labute approximate surface area is 116 Å². The summed E-state index contributed by atoms with van der Waals surface area (Å²) in [6.45, 7) is 0. The van der Waals surface area contributed by atoms with Crippen molar-refractivity contribution in [2.75, 3.05) is 0 Å². The Hall–Kier alpha value is -2.25. The Balaban J connectivity index is 5.58. The molecular weight excluding hydrogens is 318 g/mol. The van der Waals surface area contributed by atoms with Crippen molar-refractivity contribution in [1.82, 2.24) is 5.32 Å². The third kappa shape index (κ3) is 5.72. The summed E-state index contributed by atoms with van der Waals surface area (Å²) < 4.78 is 30.5. The van der Waals surface area contributed by atoms with Crippen LogP contribution in [0.25, 0.3) is 0 Å². The number of aliphatic carboxylic acids is 4. The molecule has 0 saturated carbocycles. The lowest BCUT2D eigenvalue weighted by Gasteiger charge is -2.22. The third-order valence-electron chi connectivity index (χ3n) is 2.19. The minimum Gasteiger partial charge on any atom is -0.481 e. The lowest BCUT2D eigenvalue weighted by Crippen LogP contribution is -2.57. The zero-order valence-electron chi connectivity index (χ0n) is 10.0. The average molecular weight is 329 g/mol. The van der Waals surface area contributed by atoms with Crippen LogP contribution in [-0.4, -0.2) is 74.6 Å². The summed E-state index contributed by atoms with van der Waals surface area (Å²) >= 11 is 0. The zero-order valence-corrected chi connectivity index (χ0v) is 10.8. The summed E-state index contributed by atoms with van der Waals surface area (Å²) in [5, 5.41) is 33.3. The first-order chi connectivity index (χ1) is 9.37. The highest BCUT2D eigenvalue weighted by molar-refractivity contribution is 7.87. The molecule has 0 bridgehead atoms. The van der Waals surface area contributed by atoms with Crippen LogP contribution in [0, 0.1) is 0 Å². The van der Waals surface area contributed by atoms with Gasteiger partial charge in [-0.3, -0.25) is 29.0 Å². The van der Waals surface area contributed by atoms with Gasteiger partial charge in [-0.15, -0.1) is 0 Å². The molecule has 0 heterocycles. The Morgan fingerprint density at radius 1 is 0.905 bits per heavy atom. The highest BCUT2D eigenvalue weighted by Gasteiger charge is 2.45. The first-order valence-electron chi connectivity index (χ1n) is 5.00. The number of carboxylic acid groups (broad SMARTS) is 4. The molecular formula is C8H11NO11S. The van der Waals surface area contributed by atoms with E-state index in [0.29, 0.717) is 0 Å². The lowest BCUT2D eigenvalue weighted by atomic mass is 10.1. The van der Waals surface area contributed by atoms with Crippen LogP contribution in [0.4, 0.5) is 0 Å². The van der Waals surface area contributed by atoms with Gasteiger partial charge < -0.3 is 20.4 Å². The summed E-state index contributed by atoms with van der Waals surface area (Å²) in [6.07, 6.45) is -1.14. The molecule has 0 spiro atoms. The highest BCUT2D eigenvalue weighted by atomic mass is 32.2. The molecule has 0 aromatic rings. The maximum Gasteiger partial charge on any atom is 0.326 e. The van der Waals surface area contributed by atoms with E-state index in [0.717, 1.165) is 0 Å². The van der Waals surface area contributed by atoms with E-state index in [9.17, 15) is 27.6 Å². The average Bonchev–Trinajstić information content (AvgIpc) is 2.23. The first-order valence-corrected chi connectivity index (χ1v) is 6.50. The normalized spacial score (nSPS) is 15.7. The molecule has 3 unspecified atom stereocenters. The van der Waals surface area contributed by atoms with Crippen LogP contribution >= 0.6 is 0 Å². The van der Waals surface area contributed by atoms with Crippen molar-refractivity contribution < 1.29 is 52.6 Å². The topological polar surface area (TPSA) is 216 Å². The second-order valence-corrected chi connectivity index (χ2v) is 5.28. The van der Waals surface area contributed by atoms with E-state index < -0.39 is 57.7 Å². The fourth-order valence-electron chi connectivity index (χ4n) is 1.34. The Bertz CT molecular complexity index is 553. The molecule has 21 heavy (non-hydrogen) atoms. The van der Waals surface area contributed by atoms with E-state index >= 15 is 0 Å². The number of carbonyl (C=O) groups is 4. The predicted octanol–water partition coefficient (Wildman–Crippen LogP) is -2.70. The van der Waals surface area contributed by atoms with Gasteiger partial charge in [0, 0.05) is 0 Å². The van der Waals surface area contributed by atoms with E-state index in [2.05, 4.69) is 0 Å². The van der Waals surface area contributed by atoms with Gasteiger partial charge in [-0.1, -0.05) is 0 Å². The van der Waals surface area contributed by atoms with E-state index in [-0.39, 0.29) is 0 Å². The summed E-state index contributed by atoms with van der Waals surface area (Å²) in [7, 11) is -5.39. The molecule has 0 aliphatic carbocycles. The van der Waals surface area contributed by atoms with Crippen molar-refractivity contribution in [1.29, 1.82) is 0 Å². The first kappa shape index (κ1) is 18.8. The van der Waals surface area contributed by atoms with Gasteiger partial charge in [0.1, 0.15) is 12.1 Å². The van der Waals surface area contributed by atoms with Crippen LogP contribution in [0.15, 0.2) is 0 Å². The quantitative estimate of drug-likeness (QED) is 0.238. The maximum absolute atomic E-state index is 10.9. The third-order valence-corrected chi connectivity index (χ3v) is 3.31. The zero-order chi connectivity index (χ0) is 17.0. The minimum absolute atomic E-state index is 1.14. The summed E-state index contributed by atoms with van der Waals surface area (Å²) in [5.74, 6) is -7.85. The predicted molar refractivity (Wildman–Crippen MR) is 61.2 cm³/mol. The van der Waals surface area contributed by atoms with E-state index in [1.54, 1.807) is 5.32 Å². The highest BCUT2D eigenvalue weighted by Crippen LogP contribution is 2.09. The van der Waals surface area contributed by atoms with Crippen LogP contribution in [0.5, 0.6) is 0 Å². The Kier molecular flexibility index (Phi) is 6.21. The standard InChI is InChI=1S/C8H11NO11S/c10-3(11)1-2(6(12)13)9-4(7(14)15)5(8(16)17)21(18,19)20/h2,4-5,9H,1H2,(H,10,11)(H,12,13)(H,14,15)(H,16,17)(H,18,19,20). The molecule has 0 aliphatic heterocycles. The van der Waals surface area contributed by atoms with Gasteiger partial charge in [-0.05, 0) is 0 Å². The summed E-state index contributed by atoms with van der Waals surface area (Å²) in [5.41, 5.74) is 0. The largest absolute Gasteiger partial charge is 0.481 e. The molecule has 0 aromatic heterocycles. The van der Waals surface area contributed by atoms with Gasteiger partial charge in [0.2, 0.25) is 5.25 Å². The summed E-state index contributed by atoms with van der Waals surface area (Å²) in [6, 6.07) is -4.65. The molecule has 13 heteroatoms. The van der Waals surface area contributed by atoms with Crippen molar-refractivity contribution in [3.05, 3.63) is 0 Å². The van der Waals surface area contributed by atoms with Crippen molar-refractivity contribution in [3.8, 4) is 0 Å². The van der Waals surface area contributed by atoms with Gasteiger partial charge in [-0.25, -0.2) is 0 Å². The molecule has 3 atom stereocenters. The Morgan fingerprint density at radius 3 is 1.62 bits per heavy atom. The molecule has 6 N–H and O–H groups in total. The number of hydrogen-bond acceptors (Lipinski definition) is 7. The van der Waals surface area contributed by atoms with Gasteiger partial charge in [0.15, 0.2) is 0 Å². The van der Waals surface area contributed by atoms with E-state index in [1.165, 1.54) is 0 Å². The second kappa shape index (κ2) is 6.96. The number of carboxylic acids is 4. The van der Waals surface area contributed by atoms with Crippen LogP contribution in [-0.2, 0) is 29.3 Å². The fraction of sp³-hybridized carbons (Fsp3) is 0.500. The van der Waals surface area contributed by atoms with E-state index in [1.807, 2.05) is 0 Å². The molecule has 120 valence electrons. The molecule has 0 radical (unpaired) electrons. The van der Waals surface area contributed by atoms with Gasteiger partial charge in [0.05, 0.1) is 6.42 Å². The van der Waals surface area contributed by atoms with Gasteiger partial charge in [0.25, 0.3) is 10.1 Å². The SMILES string of the molecule is O=C(O)CC(NC(C(=O)O)C(C(=O)O)S(=O)(=O)O)C(=O)O. The van der Waals surface area contributed by atoms with Crippen molar-refractivity contribution in [3.63, 3.8) is 0 Å². The number of rotatable bonds is 9. The molecule has 0 aromatic carbocycles. The van der Waals surface area contributed by atoms with Crippen molar-refractivity contribution in [2.24, 2.45) is 0 Å². The summed E-state index contributed by atoms with van der Waals surface area (Å²) in [4.78, 5) is 42.8. The fourth-order valence-corrected chi connectivity index (χ4v) is 2.13. The Morgan fingerprint density at radius 2 is 1.38 bits per heavy atom. The smallest absolute Gasteiger partial charge is 0.326 e. The molecule has 0 amide bonds. The van der Waals surface area contributed by atoms with Gasteiger partial charge in [-0.2, -0.15) is 8.42 Å². The molecule has 0 rings (SSSR count). The van der Waals surface area contributed by atoms with Crippen LogP contribution < -0.4 is 5.32 Å². The monoisotopic (exact) mass is 329 g/mol. The van der Waals surface area contributed by atoms with Crippen LogP contribution in [0.2, 0.25) is 0 Å². The molecule has 0 aliphatic rings. The van der Waals surface area contributed by atoms with Crippen molar-refractivity contribution >= 4 is 34.0 Å². The molecule has 0 saturated heterocycles. The lowest BCUT2D eigenvalue weighted by molar-refractivity contribution is -0.149. The second-order valence-electron chi connectivity index (χ2n) is 3.75. The van der Waals surface area contributed by atoms with Crippen molar-refractivity contribution in [2.45, 2.75) is 23.8 Å².